The van der Waals surface area contributed by atoms with Gasteiger partial charge in [-0.15, -0.1) is 0 Å². The van der Waals surface area contributed by atoms with Gasteiger partial charge >= 0.3 is 0 Å². The molecule has 0 saturated carbocycles. The van der Waals surface area contributed by atoms with E-state index >= 15 is 0 Å². The molecule has 1 N–H and O–H groups in total. The van der Waals surface area contributed by atoms with Gasteiger partial charge in [0.05, 0.1) is 6.54 Å². The largest absolute Gasteiger partial charge is 0.372 e. The van der Waals surface area contributed by atoms with Crippen LogP contribution in [0.25, 0.3) is 0 Å². The highest BCUT2D eigenvalue weighted by Crippen LogP contribution is 2.05. The first kappa shape index (κ1) is 11.8. The molecule has 0 saturated heterocycles. The van der Waals surface area contributed by atoms with E-state index in [0.29, 0.717) is 0 Å². The lowest BCUT2D eigenvalue weighted by Gasteiger charge is -2.02. The Morgan fingerprint density at radius 1 is 1.20 bits per heavy atom. The lowest BCUT2D eigenvalue weighted by Crippen LogP contribution is -2.20. The van der Waals surface area contributed by atoms with E-state index in [0.717, 1.165) is 25.3 Å². The van der Waals surface area contributed by atoms with E-state index in [9.17, 15) is 0 Å². The van der Waals surface area contributed by atoms with Gasteiger partial charge in [0.15, 0.2) is 0 Å². The Morgan fingerprint density at radius 3 is 2.40 bits per heavy atom. The molecule has 0 fully saturated rings. The van der Waals surface area contributed by atoms with Gasteiger partial charge in [0, 0.05) is 13.0 Å². The van der Waals surface area contributed by atoms with Crippen LogP contribution >= 0.6 is 0 Å². The maximum atomic E-state index is 4.36. The zero-order chi connectivity index (χ0) is 11.1. The van der Waals surface area contributed by atoms with Crippen molar-refractivity contribution in [3.05, 3.63) is 35.4 Å². The topological polar surface area (TPSA) is 24.4 Å². The molecule has 0 amide bonds. The average Bonchev–Trinajstić information content (AvgIpc) is 2.77. The van der Waals surface area contributed by atoms with E-state index in [1.807, 2.05) is 13.8 Å². The van der Waals surface area contributed by atoms with Crippen molar-refractivity contribution >= 4 is 5.84 Å². The third-order valence-electron chi connectivity index (χ3n) is 2.24. The summed E-state index contributed by atoms with van der Waals surface area (Å²) in [6, 6.07) is 8.62. The van der Waals surface area contributed by atoms with Gasteiger partial charge < -0.3 is 5.32 Å². The number of rotatable bonds is 2. The van der Waals surface area contributed by atoms with Gasteiger partial charge in [-0.25, -0.2) is 0 Å². The van der Waals surface area contributed by atoms with Crippen molar-refractivity contribution in [3.63, 3.8) is 0 Å². The molecular formula is C13H20N2. The van der Waals surface area contributed by atoms with Crippen molar-refractivity contribution in [2.45, 2.75) is 27.2 Å². The van der Waals surface area contributed by atoms with Crippen LogP contribution < -0.4 is 5.32 Å². The maximum Gasteiger partial charge on any atom is 0.101 e. The summed E-state index contributed by atoms with van der Waals surface area (Å²) in [5.74, 6) is 1.13. The SMILES string of the molecule is CC.Cc1ccc(CC2=NCCN2)cc1. The third kappa shape index (κ3) is 3.74. The summed E-state index contributed by atoms with van der Waals surface area (Å²) in [7, 11) is 0. The molecule has 1 aromatic carbocycles. The summed E-state index contributed by atoms with van der Waals surface area (Å²) in [4.78, 5) is 4.36. The standard InChI is InChI=1S/C11H14N2.C2H6/c1-9-2-4-10(5-3-9)8-11-12-6-7-13-11;1-2/h2-5H,6-8H2,1H3,(H,12,13);1-2H3. The van der Waals surface area contributed by atoms with Gasteiger partial charge in [-0.1, -0.05) is 43.7 Å². The molecule has 1 heterocycles. The molecule has 1 aromatic rings. The Balaban J connectivity index is 0.000000531. The Bertz CT molecular complexity index is 312. The lowest BCUT2D eigenvalue weighted by atomic mass is 10.1. The fourth-order valence-corrected chi connectivity index (χ4v) is 1.46. The molecule has 0 spiro atoms. The second-order valence-electron chi connectivity index (χ2n) is 3.42. The Labute approximate surface area is 92.4 Å². The monoisotopic (exact) mass is 204 g/mol. The minimum Gasteiger partial charge on any atom is -0.372 e. The quantitative estimate of drug-likeness (QED) is 0.786. The Hall–Kier alpha value is -1.31. The van der Waals surface area contributed by atoms with Crippen LogP contribution in [0.4, 0.5) is 0 Å². The molecule has 0 bridgehead atoms. The van der Waals surface area contributed by atoms with Crippen LogP contribution in [0.2, 0.25) is 0 Å². The first-order chi connectivity index (χ1) is 7.34. The number of hydrogen-bond donors (Lipinski definition) is 1. The summed E-state index contributed by atoms with van der Waals surface area (Å²) >= 11 is 0. The van der Waals surface area contributed by atoms with Gasteiger partial charge in [-0.2, -0.15) is 0 Å². The second-order valence-corrected chi connectivity index (χ2v) is 3.42. The summed E-state index contributed by atoms with van der Waals surface area (Å²) in [6.45, 7) is 8.04. The maximum absolute atomic E-state index is 4.36. The highest BCUT2D eigenvalue weighted by Gasteiger charge is 2.04. The minimum absolute atomic E-state index is 0.932. The summed E-state index contributed by atoms with van der Waals surface area (Å²) in [6.07, 6.45) is 0.945. The van der Waals surface area contributed by atoms with Crippen LogP contribution in [0.15, 0.2) is 29.3 Å². The van der Waals surface area contributed by atoms with E-state index < -0.39 is 0 Å². The van der Waals surface area contributed by atoms with Crippen LogP contribution in [-0.4, -0.2) is 18.9 Å². The summed E-state index contributed by atoms with van der Waals surface area (Å²) in [5.41, 5.74) is 2.64. The second kappa shape index (κ2) is 6.23. The zero-order valence-corrected chi connectivity index (χ0v) is 9.88. The van der Waals surface area contributed by atoms with E-state index in [1.54, 1.807) is 0 Å². The van der Waals surface area contributed by atoms with Crippen molar-refractivity contribution in [3.8, 4) is 0 Å². The molecule has 2 heteroatoms. The summed E-state index contributed by atoms with van der Waals surface area (Å²) in [5, 5.41) is 3.27. The molecule has 0 aliphatic carbocycles. The number of hydrogen-bond acceptors (Lipinski definition) is 2. The van der Waals surface area contributed by atoms with E-state index in [4.69, 9.17) is 0 Å². The van der Waals surface area contributed by atoms with Crippen molar-refractivity contribution in [1.29, 1.82) is 0 Å². The first-order valence-electron chi connectivity index (χ1n) is 5.67. The van der Waals surface area contributed by atoms with Gasteiger partial charge in [0.25, 0.3) is 0 Å². The van der Waals surface area contributed by atoms with Gasteiger partial charge in [0.1, 0.15) is 5.84 Å². The predicted molar refractivity (Wildman–Crippen MR) is 66.5 cm³/mol. The fourth-order valence-electron chi connectivity index (χ4n) is 1.46. The molecule has 0 atom stereocenters. The van der Waals surface area contributed by atoms with Crippen molar-refractivity contribution < 1.29 is 0 Å². The molecule has 2 nitrogen and oxygen atoms in total. The number of nitrogens with zero attached hydrogens (tertiary/aromatic N) is 1. The van der Waals surface area contributed by atoms with Gasteiger partial charge in [0.2, 0.25) is 0 Å². The minimum atomic E-state index is 0.932. The van der Waals surface area contributed by atoms with Crippen LogP contribution in [0.5, 0.6) is 0 Å². The molecule has 1 aliphatic heterocycles. The van der Waals surface area contributed by atoms with Crippen LogP contribution in [0.1, 0.15) is 25.0 Å². The third-order valence-corrected chi connectivity index (χ3v) is 2.24. The molecule has 15 heavy (non-hydrogen) atoms. The number of nitrogens with one attached hydrogen (secondary N) is 1. The molecule has 0 aromatic heterocycles. The van der Waals surface area contributed by atoms with Crippen molar-refractivity contribution in [2.24, 2.45) is 4.99 Å². The highest BCUT2D eigenvalue weighted by molar-refractivity contribution is 5.85. The smallest absolute Gasteiger partial charge is 0.101 e. The summed E-state index contributed by atoms with van der Waals surface area (Å²) < 4.78 is 0. The van der Waals surface area contributed by atoms with Crippen LogP contribution in [0.3, 0.4) is 0 Å². The first-order valence-corrected chi connectivity index (χ1v) is 5.67. The Morgan fingerprint density at radius 2 is 1.87 bits per heavy atom. The molecule has 0 unspecified atom stereocenters. The molecule has 82 valence electrons. The van der Waals surface area contributed by atoms with Gasteiger partial charge in [-0.05, 0) is 12.5 Å². The van der Waals surface area contributed by atoms with Crippen molar-refractivity contribution in [2.75, 3.05) is 13.1 Å². The fraction of sp³-hybridized carbons (Fsp3) is 0.462. The number of aliphatic imine (C=N–C) groups is 1. The van der Waals surface area contributed by atoms with E-state index in [2.05, 4.69) is 41.5 Å². The number of benzene rings is 1. The molecule has 1 aliphatic rings. The molecule has 2 rings (SSSR count). The van der Waals surface area contributed by atoms with Gasteiger partial charge in [-0.3, -0.25) is 4.99 Å². The normalized spacial score (nSPS) is 13.7. The Kier molecular flexibility index (Phi) is 4.88. The van der Waals surface area contributed by atoms with Crippen LogP contribution in [-0.2, 0) is 6.42 Å². The number of amidine groups is 1. The predicted octanol–water partition coefficient (Wildman–Crippen LogP) is 2.57. The van der Waals surface area contributed by atoms with Crippen LogP contribution in [0, 0.1) is 6.92 Å². The zero-order valence-electron chi connectivity index (χ0n) is 9.88. The number of aryl methyl sites for hydroxylation is 1. The van der Waals surface area contributed by atoms with E-state index in [-0.39, 0.29) is 0 Å². The molecule has 0 radical (unpaired) electrons. The lowest BCUT2D eigenvalue weighted by molar-refractivity contribution is 0.953. The molecular weight excluding hydrogens is 184 g/mol. The highest BCUT2D eigenvalue weighted by atomic mass is 15.1. The average molecular weight is 204 g/mol. The van der Waals surface area contributed by atoms with Crippen molar-refractivity contribution in [1.82, 2.24) is 5.32 Å². The van der Waals surface area contributed by atoms with E-state index in [1.165, 1.54) is 11.1 Å².